The highest BCUT2D eigenvalue weighted by Crippen LogP contribution is 2.30. The van der Waals surface area contributed by atoms with Crippen LogP contribution in [0, 0.1) is 5.92 Å². The van der Waals surface area contributed by atoms with E-state index in [4.69, 9.17) is 9.84 Å². The zero-order valence-electron chi connectivity index (χ0n) is 16.1. The molecule has 4 rings (SSSR count). The molecule has 0 amide bonds. The zero-order chi connectivity index (χ0) is 20.9. The average molecular weight is 400 g/mol. The second-order valence-electron chi connectivity index (χ2n) is 6.91. The normalized spacial score (nSPS) is 15.2. The van der Waals surface area contributed by atoms with Gasteiger partial charge < -0.3 is 9.84 Å². The van der Waals surface area contributed by atoms with E-state index in [-0.39, 0.29) is 11.5 Å². The van der Waals surface area contributed by atoms with E-state index >= 15 is 0 Å². The summed E-state index contributed by atoms with van der Waals surface area (Å²) in [5.74, 6) is -1.45. The number of carbonyl (C=O) groups is 2. The van der Waals surface area contributed by atoms with Crippen LogP contribution in [-0.4, -0.2) is 36.2 Å². The van der Waals surface area contributed by atoms with Crippen molar-refractivity contribution in [2.45, 2.75) is 0 Å². The number of ketones is 1. The first-order valence-electron chi connectivity index (χ1n) is 9.57. The van der Waals surface area contributed by atoms with Gasteiger partial charge in [-0.15, -0.1) is 0 Å². The summed E-state index contributed by atoms with van der Waals surface area (Å²) in [5, 5.41) is 15.1. The van der Waals surface area contributed by atoms with E-state index in [9.17, 15) is 9.59 Å². The summed E-state index contributed by atoms with van der Waals surface area (Å²) in [6, 6.07) is 24.5. The van der Waals surface area contributed by atoms with Gasteiger partial charge in [-0.05, 0) is 35.4 Å². The Labute approximate surface area is 174 Å². The highest BCUT2D eigenvalue weighted by Gasteiger charge is 2.28. The fraction of sp³-hybridized carbons (Fsp3) is 0.125. The molecule has 0 bridgehead atoms. The SMILES string of the molecule is O=C(O)COc1ccc(-c2ccccc2)cc1C(=O)C1C=NN(c2ccccc2)C1. The van der Waals surface area contributed by atoms with Gasteiger partial charge in [0.05, 0.1) is 23.7 Å². The van der Waals surface area contributed by atoms with Crippen LogP contribution in [0.25, 0.3) is 11.1 Å². The summed E-state index contributed by atoms with van der Waals surface area (Å²) in [6.45, 7) is -0.101. The number of para-hydroxylation sites is 1. The molecule has 0 saturated heterocycles. The second kappa shape index (κ2) is 8.61. The minimum absolute atomic E-state index is 0.157. The van der Waals surface area contributed by atoms with Gasteiger partial charge in [-0.2, -0.15) is 5.10 Å². The van der Waals surface area contributed by atoms with Crippen LogP contribution in [-0.2, 0) is 4.79 Å². The third-order valence-electron chi connectivity index (χ3n) is 4.85. The molecule has 1 N–H and O–H groups in total. The quantitative estimate of drug-likeness (QED) is 0.604. The fourth-order valence-electron chi connectivity index (χ4n) is 3.36. The Morgan fingerprint density at radius 1 is 0.967 bits per heavy atom. The molecule has 0 spiro atoms. The van der Waals surface area contributed by atoms with Gasteiger partial charge in [0.15, 0.2) is 12.4 Å². The molecule has 0 aromatic heterocycles. The van der Waals surface area contributed by atoms with E-state index < -0.39 is 18.5 Å². The number of carboxylic acid groups (broad SMARTS) is 1. The lowest BCUT2D eigenvalue weighted by Crippen LogP contribution is -2.24. The summed E-state index contributed by atoms with van der Waals surface area (Å²) < 4.78 is 5.40. The molecule has 3 aromatic carbocycles. The number of anilines is 1. The molecule has 1 aliphatic heterocycles. The fourth-order valence-corrected chi connectivity index (χ4v) is 3.36. The monoisotopic (exact) mass is 400 g/mol. The summed E-state index contributed by atoms with van der Waals surface area (Å²) in [6.07, 6.45) is 1.63. The van der Waals surface area contributed by atoms with Crippen molar-refractivity contribution in [2.75, 3.05) is 18.2 Å². The van der Waals surface area contributed by atoms with Gasteiger partial charge in [-0.1, -0.05) is 54.6 Å². The minimum Gasteiger partial charge on any atom is -0.481 e. The van der Waals surface area contributed by atoms with Crippen LogP contribution in [0.15, 0.2) is 84.0 Å². The molecular weight excluding hydrogens is 380 g/mol. The van der Waals surface area contributed by atoms with Crippen LogP contribution in [0.3, 0.4) is 0 Å². The molecule has 1 unspecified atom stereocenters. The van der Waals surface area contributed by atoms with Crippen molar-refractivity contribution < 1.29 is 19.4 Å². The van der Waals surface area contributed by atoms with Gasteiger partial charge in [-0.3, -0.25) is 9.80 Å². The molecule has 1 aliphatic rings. The zero-order valence-corrected chi connectivity index (χ0v) is 16.1. The van der Waals surface area contributed by atoms with Crippen molar-refractivity contribution in [3.05, 3.63) is 84.4 Å². The topological polar surface area (TPSA) is 79.2 Å². The third kappa shape index (κ3) is 4.22. The van der Waals surface area contributed by atoms with Gasteiger partial charge >= 0.3 is 5.97 Å². The number of hydrogen-bond acceptors (Lipinski definition) is 5. The Kier molecular flexibility index (Phi) is 5.57. The van der Waals surface area contributed by atoms with Crippen LogP contribution in [0.1, 0.15) is 10.4 Å². The van der Waals surface area contributed by atoms with Gasteiger partial charge in [-0.25, -0.2) is 4.79 Å². The first kappa shape index (κ1) is 19.4. The van der Waals surface area contributed by atoms with Crippen molar-refractivity contribution in [1.82, 2.24) is 0 Å². The largest absolute Gasteiger partial charge is 0.481 e. The van der Waals surface area contributed by atoms with Crippen molar-refractivity contribution in [3.8, 4) is 16.9 Å². The molecule has 3 aromatic rings. The second-order valence-corrected chi connectivity index (χ2v) is 6.91. The maximum Gasteiger partial charge on any atom is 0.341 e. The molecule has 6 nitrogen and oxygen atoms in total. The predicted octanol–water partition coefficient (Wildman–Crippen LogP) is 4.12. The van der Waals surface area contributed by atoms with E-state index in [0.717, 1.165) is 16.8 Å². The minimum atomic E-state index is -1.10. The first-order valence-corrected chi connectivity index (χ1v) is 9.57. The standard InChI is InChI=1S/C24H20N2O4/c27-23(28)16-30-22-12-11-18(17-7-3-1-4-8-17)13-21(22)24(29)19-14-25-26(15-19)20-9-5-2-6-10-20/h1-14,19H,15-16H2,(H,27,28). The van der Waals surface area contributed by atoms with Crippen molar-refractivity contribution in [3.63, 3.8) is 0 Å². The molecule has 1 heterocycles. The number of ether oxygens (including phenoxy) is 1. The molecule has 1 atom stereocenters. The highest BCUT2D eigenvalue weighted by atomic mass is 16.5. The van der Waals surface area contributed by atoms with Gasteiger partial charge in [0, 0.05) is 6.21 Å². The van der Waals surface area contributed by atoms with Crippen molar-refractivity contribution in [1.29, 1.82) is 0 Å². The molecule has 6 heteroatoms. The number of Topliss-reactive ketones (excluding diaryl/α,β-unsaturated/α-hetero) is 1. The Morgan fingerprint density at radius 2 is 1.67 bits per heavy atom. The number of rotatable bonds is 7. The van der Waals surface area contributed by atoms with Crippen LogP contribution < -0.4 is 9.75 Å². The van der Waals surface area contributed by atoms with E-state index in [0.29, 0.717) is 12.1 Å². The summed E-state index contributed by atoms with van der Waals surface area (Å²) in [5.41, 5.74) is 3.08. The lowest BCUT2D eigenvalue weighted by Gasteiger charge is -2.17. The van der Waals surface area contributed by atoms with Gasteiger partial charge in [0.2, 0.25) is 0 Å². The summed E-state index contributed by atoms with van der Waals surface area (Å²) in [4.78, 5) is 24.3. The molecule has 0 radical (unpaired) electrons. The smallest absolute Gasteiger partial charge is 0.341 e. The van der Waals surface area contributed by atoms with E-state index in [1.807, 2.05) is 66.7 Å². The number of benzene rings is 3. The molecule has 150 valence electrons. The summed E-state index contributed by atoms with van der Waals surface area (Å²) >= 11 is 0. The van der Waals surface area contributed by atoms with E-state index in [1.165, 1.54) is 0 Å². The molecule has 30 heavy (non-hydrogen) atoms. The Morgan fingerprint density at radius 3 is 2.37 bits per heavy atom. The van der Waals surface area contributed by atoms with Crippen molar-refractivity contribution in [2.24, 2.45) is 11.0 Å². The Bertz CT molecular complexity index is 1080. The number of carbonyl (C=O) groups excluding carboxylic acids is 1. The van der Waals surface area contributed by atoms with Crippen LogP contribution >= 0.6 is 0 Å². The Hall–Kier alpha value is -3.93. The Balaban J connectivity index is 1.62. The van der Waals surface area contributed by atoms with Crippen LogP contribution in [0.5, 0.6) is 5.75 Å². The van der Waals surface area contributed by atoms with E-state index in [2.05, 4.69) is 5.10 Å². The van der Waals surface area contributed by atoms with Crippen LogP contribution in [0.4, 0.5) is 5.69 Å². The first-order chi connectivity index (χ1) is 14.6. The molecular formula is C24H20N2O4. The molecule has 0 aliphatic carbocycles. The number of hydrogen-bond donors (Lipinski definition) is 1. The number of carboxylic acids is 1. The highest BCUT2D eigenvalue weighted by molar-refractivity contribution is 6.09. The number of hydrazone groups is 1. The lowest BCUT2D eigenvalue weighted by molar-refractivity contribution is -0.139. The molecule has 0 saturated carbocycles. The predicted molar refractivity (Wildman–Crippen MR) is 115 cm³/mol. The van der Waals surface area contributed by atoms with E-state index in [1.54, 1.807) is 23.4 Å². The third-order valence-corrected chi connectivity index (χ3v) is 4.85. The number of aliphatic carboxylic acids is 1. The van der Waals surface area contributed by atoms with Crippen LogP contribution in [0.2, 0.25) is 0 Å². The average Bonchev–Trinajstić information content (AvgIpc) is 3.29. The number of nitrogens with zero attached hydrogens (tertiary/aromatic N) is 2. The van der Waals surface area contributed by atoms with Crippen molar-refractivity contribution >= 4 is 23.7 Å². The maximum absolute atomic E-state index is 13.3. The summed E-state index contributed by atoms with van der Waals surface area (Å²) in [7, 11) is 0. The maximum atomic E-state index is 13.3. The lowest BCUT2D eigenvalue weighted by atomic mass is 9.94. The van der Waals surface area contributed by atoms with Gasteiger partial charge in [0.1, 0.15) is 5.75 Å². The molecule has 0 fully saturated rings. The van der Waals surface area contributed by atoms with Gasteiger partial charge in [0.25, 0.3) is 0 Å².